The number of hydrogen-bond acceptors (Lipinski definition) is 4. The number of methoxy groups -OCH3 is 1. The Labute approximate surface area is 182 Å². The lowest BCUT2D eigenvalue weighted by atomic mass is 9.79. The van der Waals surface area contributed by atoms with Crippen molar-refractivity contribution in [3.63, 3.8) is 0 Å². The summed E-state index contributed by atoms with van der Waals surface area (Å²) >= 11 is 0. The first-order chi connectivity index (χ1) is 15.0. The Morgan fingerprint density at radius 3 is 2.65 bits per heavy atom. The van der Waals surface area contributed by atoms with Crippen molar-refractivity contribution in [2.75, 3.05) is 13.7 Å². The van der Waals surface area contributed by atoms with E-state index < -0.39 is 5.97 Å². The summed E-state index contributed by atoms with van der Waals surface area (Å²) in [4.78, 5) is 15.2. The van der Waals surface area contributed by atoms with Crippen molar-refractivity contribution in [1.82, 2.24) is 4.98 Å². The molecule has 1 heterocycles. The molecule has 166 valence electrons. The van der Waals surface area contributed by atoms with Crippen molar-refractivity contribution in [3.05, 3.63) is 53.5 Å². The summed E-state index contributed by atoms with van der Waals surface area (Å²) in [5.41, 5.74) is 1.76. The van der Waals surface area contributed by atoms with E-state index >= 15 is 0 Å². The molecule has 31 heavy (non-hydrogen) atoms. The van der Waals surface area contributed by atoms with E-state index in [1.807, 2.05) is 24.3 Å². The third kappa shape index (κ3) is 5.54. The molecule has 0 radical (unpaired) electrons. The number of ether oxygens (including phenoxy) is 2. The average Bonchev–Trinajstić information content (AvgIpc) is 3.62. The van der Waals surface area contributed by atoms with Crippen molar-refractivity contribution in [3.8, 4) is 11.6 Å². The van der Waals surface area contributed by atoms with Crippen molar-refractivity contribution in [2.45, 2.75) is 56.8 Å². The van der Waals surface area contributed by atoms with Crippen LogP contribution in [0.15, 0.2) is 36.5 Å². The fourth-order valence-electron chi connectivity index (χ4n) is 4.79. The average molecular weight is 428 g/mol. The van der Waals surface area contributed by atoms with Crippen molar-refractivity contribution in [2.24, 2.45) is 11.8 Å². The Balaban J connectivity index is 1.31. The number of rotatable bonds is 9. The second-order valence-electron chi connectivity index (χ2n) is 8.89. The molecule has 0 bridgehead atoms. The Morgan fingerprint density at radius 2 is 1.97 bits per heavy atom. The number of carboxylic acid groups (broad SMARTS) is 1. The second kappa shape index (κ2) is 9.67. The van der Waals surface area contributed by atoms with Gasteiger partial charge in [0.2, 0.25) is 5.88 Å². The van der Waals surface area contributed by atoms with E-state index in [-0.39, 0.29) is 24.1 Å². The van der Waals surface area contributed by atoms with Gasteiger partial charge in [-0.15, -0.1) is 0 Å². The summed E-state index contributed by atoms with van der Waals surface area (Å²) in [6.45, 7) is 0.630. The standard InChI is InChI=1S/C25H30FNO4/c1-30-24-12-22(23(26)14-27-24)18-7-5-16(6-8-18)15-31-20-4-2-3-19(11-20)21(13-25(28)29)17-9-10-17/h2-4,11-12,14,16-18,21H,5-10,13,15H2,1H3,(H,28,29)/t16-,18+,21-/m0/s1. The number of nitrogens with zero attached hydrogens (tertiary/aromatic N) is 1. The van der Waals surface area contributed by atoms with E-state index in [2.05, 4.69) is 4.98 Å². The topological polar surface area (TPSA) is 68.7 Å². The van der Waals surface area contributed by atoms with Crippen molar-refractivity contribution >= 4 is 5.97 Å². The number of aromatic nitrogens is 1. The zero-order valence-electron chi connectivity index (χ0n) is 17.9. The molecule has 0 spiro atoms. The minimum atomic E-state index is -0.747. The van der Waals surface area contributed by atoms with Gasteiger partial charge >= 0.3 is 5.97 Å². The molecular formula is C25H30FNO4. The molecule has 4 rings (SSSR count). The van der Waals surface area contributed by atoms with Crippen LogP contribution in [-0.2, 0) is 4.79 Å². The van der Waals surface area contributed by atoms with Gasteiger partial charge in [0, 0.05) is 6.07 Å². The van der Waals surface area contributed by atoms with Gasteiger partial charge in [-0.3, -0.25) is 4.79 Å². The van der Waals surface area contributed by atoms with Gasteiger partial charge in [0.15, 0.2) is 0 Å². The molecule has 2 aliphatic carbocycles. The SMILES string of the molecule is COc1cc([C@H]2CC[C@@H](COc3cccc([C@@H](CC(=O)O)C4CC4)c3)CC2)c(F)cn1. The molecule has 6 heteroatoms. The zero-order valence-corrected chi connectivity index (χ0v) is 17.9. The molecule has 0 unspecified atom stereocenters. The maximum Gasteiger partial charge on any atom is 0.303 e. The maximum atomic E-state index is 14.2. The van der Waals surface area contributed by atoms with Crippen LogP contribution in [0.25, 0.3) is 0 Å². The molecule has 2 aromatic rings. The monoisotopic (exact) mass is 427 g/mol. The molecule has 1 aromatic carbocycles. The zero-order chi connectivity index (χ0) is 21.8. The minimum absolute atomic E-state index is 0.0729. The summed E-state index contributed by atoms with van der Waals surface area (Å²) in [6, 6.07) is 9.64. The van der Waals surface area contributed by atoms with Crippen LogP contribution in [0, 0.1) is 17.7 Å². The first-order valence-electron chi connectivity index (χ1n) is 11.2. The fraction of sp³-hybridized carbons (Fsp3) is 0.520. The number of carbonyl (C=O) groups is 1. The Hall–Kier alpha value is -2.63. The van der Waals surface area contributed by atoms with Gasteiger partial charge in [-0.2, -0.15) is 0 Å². The third-order valence-corrected chi connectivity index (χ3v) is 6.71. The molecule has 0 saturated heterocycles. The number of pyridine rings is 1. The lowest BCUT2D eigenvalue weighted by Crippen LogP contribution is -2.20. The van der Waals surface area contributed by atoms with Crippen molar-refractivity contribution in [1.29, 1.82) is 0 Å². The lowest BCUT2D eigenvalue weighted by Gasteiger charge is -2.29. The molecule has 1 aromatic heterocycles. The van der Waals surface area contributed by atoms with Crippen molar-refractivity contribution < 1.29 is 23.8 Å². The van der Waals surface area contributed by atoms with Crippen LogP contribution < -0.4 is 9.47 Å². The van der Waals surface area contributed by atoms with Gasteiger partial charge in [-0.25, -0.2) is 9.37 Å². The van der Waals surface area contributed by atoms with E-state index in [1.165, 1.54) is 6.20 Å². The summed E-state index contributed by atoms with van der Waals surface area (Å²) in [5.74, 6) is 1.43. The number of halogens is 1. The van der Waals surface area contributed by atoms with Gasteiger partial charge in [0.05, 0.1) is 26.3 Å². The van der Waals surface area contributed by atoms with Crippen LogP contribution in [0.3, 0.4) is 0 Å². The number of hydrogen-bond donors (Lipinski definition) is 1. The summed E-state index contributed by atoms with van der Waals surface area (Å²) in [5, 5.41) is 9.25. The molecule has 1 N–H and O–H groups in total. The maximum absolute atomic E-state index is 14.2. The molecule has 0 aliphatic heterocycles. The molecule has 1 atom stereocenters. The van der Waals surface area contributed by atoms with Gasteiger partial charge in [-0.05, 0) is 85.5 Å². The predicted molar refractivity (Wildman–Crippen MR) is 115 cm³/mol. The Kier molecular flexibility index (Phi) is 6.73. The highest BCUT2D eigenvalue weighted by atomic mass is 19.1. The smallest absolute Gasteiger partial charge is 0.303 e. The molecular weight excluding hydrogens is 397 g/mol. The van der Waals surface area contributed by atoms with E-state index in [4.69, 9.17) is 9.47 Å². The normalized spacial score (nSPS) is 22.0. The molecule has 0 amide bonds. The Bertz CT molecular complexity index is 906. The fourth-order valence-corrected chi connectivity index (χ4v) is 4.79. The van der Waals surface area contributed by atoms with Gasteiger partial charge in [0.1, 0.15) is 11.6 Å². The number of benzene rings is 1. The van der Waals surface area contributed by atoms with E-state index in [0.717, 1.165) is 49.8 Å². The quantitative estimate of drug-likeness (QED) is 0.568. The Morgan fingerprint density at radius 1 is 1.19 bits per heavy atom. The highest BCUT2D eigenvalue weighted by Gasteiger charge is 2.34. The highest BCUT2D eigenvalue weighted by Crippen LogP contribution is 2.45. The number of aliphatic carboxylic acids is 1. The first-order valence-corrected chi connectivity index (χ1v) is 11.2. The van der Waals surface area contributed by atoms with Gasteiger partial charge in [0.25, 0.3) is 0 Å². The van der Waals surface area contributed by atoms with Crippen LogP contribution in [0.5, 0.6) is 11.6 Å². The highest BCUT2D eigenvalue weighted by molar-refractivity contribution is 5.68. The van der Waals surface area contributed by atoms with E-state index in [1.54, 1.807) is 13.2 Å². The first kappa shape index (κ1) is 21.6. The predicted octanol–water partition coefficient (Wildman–Crippen LogP) is 5.55. The van der Waals surface area contributed by atoms with Crippen LogP contribution in [-0.4, -0.2) is 29.8 Å². The summed E-state index contributed by atoms with van der Waals surface area (Å²) in [6.07, 6.45) is 7.44. The van der Waals surface area contributed by atoms with Gasteiger partial charge in [-0.1, -0.05) is 12.1 Å². The van der Waals surface area contributed by atoms with E-state index in [9.17, 15) is 14.3 Å². The summed E-state index contributed by atoms with van der Waals surface area (Å²) in [7, 11) is 1.54. The molecule has 2 fully saturated rings. The molecule has 5 nitrogen and oxygen atoms in total. The second-order valence-corrected chi connectivity index (χ2v) is 8.89. The lowest BCUT2D eigenvalue weighted by molar-refractivity contribution is -0.137. The summed E-state index contributed by atoms with van der Waals surface area (Å²) < 4.78 is 25.5. The number of carboxylic acids is 1. The van der Waals surface area contributed by atoms with Crippen LogP contribution in [0.2, 0.25) is 0 Å². The van der Waals surface area contributed by atoms with E-state index in [0.29, 0.717) is 29.9 Å². The molecule has 2 saturated carbocycles. The van der Waals surface area contributed by atoms with Gasteiger partial charge < -0.3 is 14.6 Å². The molecule has 2 aliphatic rings. The van der Waals surface area contributed by atoms with Crippen LogP contribution in [0.1, 0.15) is 67.9 Å². The largest absolute Gasteiger partial charge is 0.493 e. The minimum Gasteiger partial charge on any atom is -0.493 e. The van der Waals surface area contributed by atoms with Crippen LogP contribution in [0.4, 0.5) is 4.39 Å². The van der Waals surface area contributed by atoms with Crippen LogP contribution >= 0.6 is 0 Å². The third-order valence-electron chi connectivity index (χ3n) is 6.71.